The molecule has 0 aliphatic carbocycles. The SMILES string of the molecule is CC(CO)CCCNC(=O)CCn1cncn1. The van der Waals surface area contributed by atoms with Crippen LogP contribution in [0.1, 0.15) is 26.2 Å². The zero-order valence-electron chi connectivity index (χ0n) is 10.2. The van der Waals surface area contributed by atoms with E-state index in [0.717, 1.165) is 12.8 Å². The van der Waals surface area contributed by atoms with Gasteiger partial charge in [-0.25, -0.2) is 4.98 Å². The molecule has 0 aromatic carbocycles. The summed E-state index contributed by atoms with van der Waals surface area (Å²) in [6, 6.07) is 0. The van der Waals surface area contributed by atoms with Gasteiger partial charge >= 0.3 is 0 Å². The van der Waals surface area contributed by atoms with Crippen LogP contribution in [0.5, 0.6) is 0 Å². The van der Waals surface area contributed by atoms with E-state index in [9.17, 15) is 4.79 Å². The summed E-state index contributed by atoms with van der Waals surface area (Å²) in [6.45, 7) is 3.42. The van der Waals surface area contributed by atoms with Crippen LogP contribution in [0.4, 0.5) is 0 Å². The zero-order chi connectivity index (χ0) is 12.5. The lowest BCUT2D eigenvalue weighted by Crippen LogP contribution is -2.25. The Morgan fingerprint density at radius 3 is 3.06 bits per heavy atom. The fourth-order valence-electron chi connectivity index (χ4n) is 1.42. The van der Waals surface area contributed by atoms with Crippen LogP contribution < -0.4 is 5.32 Å². The van der Waals surface area contributed by atoms with Crippen molar-refractivity contribution in [1.29, 1.82) is 0 Å². The van der Waals surface area contributed by atoms with Gasteiger partial charge in [0.05, 0.1) is 6.54 Å². The van der Waals surface area contributed by atoms with Gasteiger partial charge in [0.1, 0.15) is 12.7 Å². The Morgan fingerprint density at radius 1 is 1.59 bits per heavy atom. The number of amides is 1. The highest BCUT2D eigenvalue weighted by atomic mass is 16.3. The normalized spacial score (nSPS) is 12.4. The summed E-state index contributed by atoms with van der Waals surface area (Å²) >= 11 is 0. The van der Waals surface area contributed by atoms with Crippen molar-refractivity contribution in [3.05, 3.63) is 12.7 Å². The van der Waals surface area contributed by atoms with Crippen LogP contribution in [0.15, 0.2) is 12.7 Å². The maximum absolute atomic E-state index is 11.4. The molecule has 1 aromatic heterocycles. The number of carbonyl (C=O) groups excluding carboxylic acids is 1. The minimum absolute atomic E-state index is 0.0251. The number of aryl methyl sites for hydroxylation is 1. The van der Waals surface area contributed by atoms with Crippen molar-refractivity contribution in [1.82, 2.24) is 20.1 Å². The largest absolute Gasteiger partial charge is 0.396 e. The van der Waals surface area contributed by atoms with Gasteiger partial charge in [-0.05, 0) is 18.8 Å². The molecule has 1 heterocycles. The van der Waals surface area contributed by atoms with Crippen LogP contribution >= 0.6 is 0 Å². The topological polar surface area (TPSA) is 80.0 Å². The van der Waals surface area contributed by atoms with Crippen molar-refractivity contribution in [2.24, 2.45) is 5.92 Å². The maximum atomic E-state index is 11.4. The summed E-state index contributed by atoms with van der Waals surface area (Å²) < 4.78 is 1.63. The average molecular weight is 240 g/mol. The van der Waals surface area contributed by atoms with Crippen LogP contribution in [0.2, 0.25) is 0 Å². The number of hydrogen-bond acceptors (Lipinski definition) is 4. The molecule has 0 bridgehead atoms. The maximum Gasteiger partial charge on any atom is 0.221 e. The van der Waals surface area contributed by atoms with E-state index in [0.29, 0.717) is 25.4 Å². The molecule has 6 heteroatoms. The van der Waals surface area contributed by atoms with Crippen molar-refractivity contribution in [3.8, 4) is 0 Å². The van der Waals surface area contributed by atoms with Gasteiger partial charge in [-0.2, -0.15) is 5.10 Å². The van der Waals surface area contributed by atoms with Crippen molar-refractivity contribution in [3.63, 3.8) is 0 Å². The standard InChI is InChI=1S/C11H20N4O2/c1-10(7-16)3-2-5-13-11(17)4-6-15-9-12-8-14-15/h8-10,16H,2-7H2,1H3,(H,13,17). The summed E-state index contributed by atoms with van der Waals surface area (Å²) in [7, 11) is 0. The van der Waals surface area contributed by atoms with Crippen molar-refractivity contribution in [2.75, 3.05) is 13.2 Å². The van der Waals surface area contributed by atoms with Gasteiger partial charge in [-0.15, -0.1) is 0 Å². The van der Waals surface area contributed by atoms with Crippen LogP contribution in [0, 0.1) is 5.92 Å². The summed E-state index contributed by atoms with van der Waals surface area (Å²) in [4.78, 5) is 15.2. The smallest absolute Gasteiger partial charge is 0.221 e. The Morgan fingerprint density at radius 2 is 2.41 bits per heavy atom. The molecule has 1 rings (SSSR count). The highest BCUT2D eigenvalue weighted by molar-refractivity contribution is 5.75. The van der Waals surface area contributed by atoms with E-state index in [1.165, 1.54) is 6.33 Å². The minimum Gasteiger partial charge on any atom is -0.396 e. The first-order valence-corrected chi connectivity index (χ1v) is 5.92. The molecule has 0 saturated heterocycles. The molecule has 1 atom stereocenters. The van der Waals surface area contributed by atoms with Gasteiger partial charge in [-0.1, -0.05) is 6.92 Å². The molecule has 0 radical (unpaired) electrons. The summed E-state index contributed by atoms with van der Waals surface area (Å²) in [6.07, 6.45) is 5.29. The quantitative estimate of drug-likeness (QED) is 0.636. The first-order chi connectivity index (χ1) is 8.22. The highest BCUT2D eigenvalue weighted by Gasteiger charge is 2.03. The first-order valence-electron chi connectivity index (χ1n) is 5.92. The average Bonchev–Trinajstić information content (AvgIpc) is 2.84. The predicted octanol–water partition coefficient (Wildman–Crippen LogP) is 0.193. The van der Waals surface area contributed by atoms with Crippen molar-refractivity contribution < 1.29 is 9.90 Å². The van der Waals surface area contributed by atoms with Crippen LogP contribution in [-0.2, 0) is 11.3 Å². The molecular formula is C11H20N4O2. The van der Waals surface area contributed by atoms with Gasteiger partial charge in [0.15, 0.2) is 0 Å². The highest BCUT2D eigenvalue weighted by Crippen LogP contribution is 2.02. The number of carbonyl (C=O) groups is 1. The molecule has 1 aromatic rings. The van der Waals surface area contributed by atoms with Crippen LogP contribution in [0.3, 0.4) is 0 Å². The Labute approximate surface area is 101 Å². The van der Waals surface area contributed by atoms with Gasteiger partial charge in [-0.3, -0.25) is 9.48 Å². The molecule has 0 fully saturated rings. The fraction of sp³-hybridized carbons (Fsp3) is 0.727. The lowest BCUT2D eigenvalue weighted by Gasteiger charge is -2.08. The molecule has 0 spiro atoms. The van der Waals surface area contributed by atoms with Crippen molar-refractivity contribution in [2.45, 2.75) is 32.7 Å². The van der Waals surface area contributed by atoms with Gasteiger partial charge in [0.2, 0.25) is 5.91 Å². The Kier molecular flexibility index (Phi) is 6.24. The number of aliphatic hydroxyl groups excluding tert-OH is 1. The van der Waals surface area contributed by atoms with E-state index >= 15 is 0 Å². The van der Waals surface area contributed by atoms with E-state index in [1.54, 1.807) is 11.0 Å². The van der Waals surface area contributed by atoms with Gasteiger partial charge in [0, 0.05) is 19.6 Å². The Balaban J connectivity index is 2.02. The van der Waals surface area contributed by atoms with Crippen LogP contribution in [-0.4, -0.2) is 38.9 Å². The number of aromatic nitrogens is 3. The second-order valence-electron chi connectivity index (χ2n) is 4.19. The third-order valence-electron chi connectivity index (χ3n) is 2.54. The monoisotopic (exact) mass is 240 g/mol. The van der Waals surface area contributed by atoms with Gasteiger partial charge < -0.3 is 10.4 Å². The molecular weight excluding hydrogens is 220 g/mol. The first kappa shape index (κ1) is 13.6. The molecule has 0 saturated carbocycles. The third kappa shape index (κ3) is 6.01. The van der Waals surface area contributed by atoms with E-state index in [2.05, 4.69) is 15.4 Å². The van der Waals surface area contributed by atoms with E-state index < -0.39 is 0 Å². The summed E-state index contributed by atoms with van der Waals surface area (Å²) in [5.41, 5.74) is 0. The van der Waals surface area contributed by atoms with Gasteiger partial charge in [0.25, 0.3) is 0 Å². The Hall–Kier alpha value is -1.43. The zero-order valence-corrected chi connectivity index (χ0v) is 10.2. The Bertz CT molecular complexity index is 313. The molecule has 6 nitrogen and oxygen atoms in total. The molecule has 0 aliphatic rings. The molecule has 2 N–H and O–H groups in total. The van der Waals surface area contributed by atoms with E-state index in [-0.39, 0.29) is 12.5 Å². The van der Waals surface area contributed by atoms with E-state index in [1.807, 2.05) is 6.92 Å². The number of nitrogens with one attached hydrogen (secondary N) is 1. The van der Waals surface area contributed by atoms with Crippen molar-refractivity contribution >= 4 is 5.91 Å². The van der Waals surface area contributed by atoms with Crippen LogP contribution in [0.25, 0.3) is 0 Å². The predicted molar refractivity (Wildman–Crippen MR) is 63.1 cm³/mol. The molecule has 96 valence electrons. The number of nitrogens with zero attached hydrogens (tertiary/aromatic N) is 3. The fourth-order valence-corrected chi connectivity index (χ4v) is 1.42. The number of rotatable bonds is 8. The molecule has 17 heavy (non-hydrogen) atoms. The summed E-state index contributed by atoms with van der Waals surface area (Å²) in [5.74, 6) is 0.333. The minimum atomic E-state index is 0.0251. The molecule has 0 aliphatic heterocycles. The molecule has 1 unspecified atom stereocenters. The lowest BCUT2D eigenvalue weighted by atomic mass is 10.1. The lowest BCUT2D eigenvalue weighted by molar-refractivity contribution is -0.121. The summed E-state index contributed by atoms with van der Waals surface area (Å²) in [5, 5.41) is 15.6. The number of hydrogen-bond donors (Lipinski definition) is 2. The second-order valence-corrected chi connectivity index (χ2v) is 4.19. The molecule has 1 amide bonds. The second kappa shape index (κ2) is 7.78. The van der Waals surface area contributed by atoms with E-state index in [4.69, 9.17) is 5.11 Å². The third-order valence-corrected chi connectivity index (χ3v) is 2.54. The number of aliphatic hydroxyl groups is 1.